The van der Waals surface area contributed by atoms with E-state index in [-0.39, 0.29) is 29.5 Å². The summed E-state index contributed by atoms with van der Waals surface area (Å²) in [4.78, 5) is 43.8. The number of rotatable bonds is 9. The highest BCUT2D eigenvalue weighted by molar-refractivity contribution is 6.31. The maximum absolute atomic E-state index is 14.5. The number of amides is 2. The van der Waals surface area contributed by atoms with E-state index in [1.807, 2.05) is 0 Å². The van der Waals surface area contributed by atoms with Gasteiger partial charge in [-0.25, -0.2) is 14.6 Å². The Balaban J connectivity index is 1.38. The molecule has 5 N–H and O–H groups in total. The monoisotopic (exact) mass is 635 g/mol. The zero-order valence-electron chi connectivity index (χ0n) is 25.0. The highest BCUT2D eigenvalue weighted by Gasteiger charge is 2.59. The highest BCUT2D eigenvalue weighted by atomic mass is 35.5. The molecule has 4 fully saturated rings. The first-order valence-electron chi connectivity index (χ1n) is 15.3. The van der Waals surface area contributed by atoms with Gasteiger partial charge in [0.15, 0.2) is 0 Å². The van der Waals surface area contributed by atoms with E-state index in [4.69, 9.17) is 27.9 Å². The summed E-state index contributed by atoms with van der Waals surface area (Å²) >= 11 is 6.69. The van der Waals surface area contributed by atoms with Crippen LogP contribution in [0.5, 0.6) is 5.75 Å². The highest BCUT2D eigenvalue weighted by Crippen LogP contribution is 2.59. The summed E-state index contributed by atoms with van der Waals surface area (Å²) in [6, 6.07) is 2.60. The van der Waals surface area contributed by atoms with Crippen molar-refractivity contribution in [2.45, 2.75) is 64.3 Å². The number of nitrogens with two attached hydrogens (primary N) is 2. The van der Waals surface area contributed by atoms with Gasteiger partial charge in [-0.2, -0.15) is 0 Å². The van der Waals surface area contributed by atoms with Gasteiger partial charge in [0.1, 0.15) is 18.1 Å². The largest absolute Gasteiger partial charge is 0.487 e. The number of carboxylic acids is 1. The Labute approximate surface area is 260 Å². The molecule has 6 rings (SSSR count). The molecule has 5 aliphatic rings. The number of aliphatic carboxylic acids is 1. The van der Waals surface area contributed by atoms with Crippen LogP contribution in [0.4, 0.5) is 8.78 Å². The fraction of sp³-hybridized carbons (Fsp3) is 0.645. The van der Waals surface area contributed by atoms with Gasteiger partial charge in [0, 0.05) is 43.7 Å². The zero-order valence-corrected chi connectivity index (χ0v) is 25.8. The van der Waals surface area contributed by atoms with Crippen molar-refractivity contribution in [3.8, 4) is 5.75 Å². The number of fused-ring (bicyclic) bond motifs is 2. The molecule has 2 amide bonds. The molecule has 2 unspecified atom stereocenters. The number of alkyl halides is 2. The number of carboxylic acid groups (broad SMARTS) is 1. The van der Waals surface area contributed by atoms with Crippen molar-refractivity contribution in [2.75, 3.05) is 33.3 Å². The number of nitrogens with zero attached hydrogens (tertiary/aromatic N) is 3. The number of halogens is 3. The second-order valence-corrected chi connectivity index (χ2v) is 14.2. The van der Waals surface area contributed by atoms with Crippen LogP contribution in [0.25, 0.3) is 0 Å². The number of allylic oxidation sites excluding steroid dienone is 1. The van der Waals surface area contributed by atoms with Gasteiger partial charge in [-0.05, 0) is 80.4 Å². The number of likely N-dealkylation sites (tertiary alicyclic amines) is 1. The van der Waals surface area contributed by atoms with E-state index in [0.29, 0.717) is 66.9 Å². The lowest BCUT2D eigenvalue weighted by Crippen LogP contribution is -2.53. The molecule has 44 heavy (non-hydrogen) atoms. The van der Waals surface area contributed by atoms with E-state index < -0.39 is 42.1 Å². The van der Waals surface area contributed by atoms with Crippen molar-refractivity contribution in [1.82, 2.24) is 14.8 Å². The van der Waals surface area contributed by atoms with Gasteiger partial charge in [0.2, 0.25) is 11.8 Å². The minimum absolute atomic E-state index is 0.0114. The maximum Gasteiger partial charge on any atom is 0.310 e. The lowest BCUT2D eigenvalue weighted by Gasteiger charge is -2.45. The molecule has 1 spiro atoms. The third-order valence-electron chi connectivity index (χ3n) is 10.8. The van der Waals surface area contributed by atoms with E-state index in [9.17, 15) is 28.3 Å². The van der Waals surface area contributed by atoms with E-state index in [1.54, 1.807) is 28.9 Å². The van der Waals surface area contributed by atoms with E-state index in [2.05, 4.69) is 0 Å². The molecule has 5 atom stereocenters. The average Bonchev–Trinajstić information content (AvgIpc) is 3.86. The molecule has 2 heterocycles. The van der Waals surface area contributed by atoms with Crippen LogP contribution in [0.3, 0.4) is 0 Å². The van der Waals surface area contributed by atoms with E-state index in [1.165, 1.54) is 7.05 Å². The summed E-state index contributed by atoms with van der Waals surface area (Å²) in [5, 5.41) is 11.5. The predicted molar refractivity (Wildman–Crippen MR) is 157 cm³/mol. The van der Waals surface area contributed by atoms with Crippen LogP contribution in [0.15, 0.2) is 23.5 Å². The minimum atomic E-state index is -2.92. The normalized spacial score (nSPS) is 30.6. The molecule has 0 aromatic heterocycles. The Bertz CT molecular complexity index is 1410. The van der Waals surface area contributed by atoms with Crippen molar-refractivity contribution < 1.29 is 33.0 Å². The molecule has 0 radical (unpaired) electrons. The Hall–Kier alpha value is -3.12. The van der Waals surface area contributed by atoms with Crippen LogP contribution in [-0.2, 0) is 20.8 Å². The summed E-state index contributed by atoms with van der Waals surface area (Å²) in [5.74, 6) is 4.64. The summed E-state index contributed by atoms with van der Waals surface area (Å²) in [7, 11) is 1.26. The van der Waals surface area contributed by atoms with Gasteiger partial charge in [-0.3, -0.25) is 14.4 Å². The van der Waals surface area contributed by atoms with Gasteiger partial charge < -0.3 is 30.4 Å². The number of hydrogen-bond donors (Lipinski definition) is 3. The summed E-state index contributed by atoms with van der Waals surface area (Å²) in [5.41, 5.74) is 5.30. The fourth-order valence-electron chi connectivity index (χ4n) is 7.89. The summed E-state index contributed by atoms with van der Waals surface area (Å²) in [6.45, 7) is 2.35. The van der Waals surface area contributed by atoms with E-state index >= 15 is 0 Å². The SMILES string of the molecule is CN(N)/C(=C(\N)COc1ccc(Cl)c2c1C(CN1CC3(CC3)CC1=O)N(C(=O)[C@@H]1CC3C[C@H]3C[C@]1(C)C(=O)O)CC2)C(F)F. The van der Waals surface area contributed by atoms with Crippen molar-refractivity contribution in [3.05, 3.63) is 39.7 Å². The lowest BCUT2D eigenvalue weighted by molar-refractivity contribution is -0.163. The van der Waals surface area contributed by atoms with Crippen LogP contribution in [0.1, 0.15) is 62.6 Å². The minimum Gasteiger partial charge on any atom is -0.487 e. The quantitative estimate of drug-likeness (QED) is 0.276. The fourth-order valence-corrected chi connectivity index (χ4v) is 8.15. The first-order valence-corrected chi connectivity index (χ1v) is 15.6. The Morgan fingerprint density at radius 2 is 1.98 bits per heavy atom. The smallest absolute Gasteiger partial charge is 0.310 e. The van der Waals surface area contributed by atoms with Crippen molar-refractivity contribution in [3.63, 3.8) is 0 Å². The molecule has 13 heteroatoms. The van der Waals surface area contributed by atoms with Gasteiger partial charge in [0.25, 0.3) is 6.43 Å². The predicted octanol–water partition coefficient (Wildman–Crippen LogP) is 3.54. The number of benzene rings is 1. The van der Waals surface area contributed by atoms with Crippen LogP contribution >= 0.6 is 11.6 Å². The number of hydrogen-bond acceptors (Lipinski definition) is 7. The van der Waals surface area contributed by atoms with Crippen molar-refractivity contribution in [1.29, 1.82) is 0 Å². The Morgan fingerprint density at radius 3 is 2.59 bits per heavy atom. The molecule has 240 valence electrons. The third-order valence-corrected chi connectivity index (χ3v) is 11.1. The average molecular weight is 636 g/mol. The van der Waals surface area contributed by atoms with Gasteiger partial charge in [-0.15, -0.1) is 0 Å². The maximum atomic E-state index is 14.5. The van der Waals surface area contributed by atoms with Crippen molar-refractivity contribution >= 4 is 29.4 Å². The molecule has 1 aromatic rings. The number of ether oxygens (including phenoxy) is 1. The molecule has 3 aliphatic carbocycles. The van der Waals surface area contributed by atoms with Crippen LogP contribution < -0.4 is 16.3 Å². The second kappa shape index (κ2) is 11.0. The van der Waals surface area contributed by atoms with Crippen LogP contribution in [0.2, 0.25) is 5.02 Å². The van der Waals surface area contributed by atoms with Crippen molar-refractivity contribution in [2.24, 2.45) is 40.2 Å². The molecular formula is C31H40ClF2N5O5. The zero-order chi connectivity index (χ0) is 31.7. The Morgan fingerprint density at radius 1 is 1.25 bits per heavy atom. The first-order chi connectivity index (χ1) is 20.7. The molecule has 0 bridgehead atoms. The summed E-state index contributed by atoms with van der Waals surface area (Å²) < 4.78 is 33.4. The molecular weight excluding hydrogens is 596 g/mol. The van der Waals surface area contributed by atoms with Gasteiger partial charge in [-0.1, -0.05) is 11.6 Å². The number of carbonyl (C=O) groups excluding carboxylic acids is 2. The number of hydrazine groups is 1. The molecule has 10 nitrogen and oxygen atoms in total. The molecule has 3 saturated carbocycles. The van der Waals surface area contributed by atoms with Crippen LogP contribution in [-0.4, -0.2) is 77.4 Å². The standard InChI is InChI=1S/C31H40ClF2N5O5/c1-30(29(42)43)11-17-9-16(17)10-19(30)28(41)39-8-5-18-20(32)3-4-23(44-14-21(35)26(27(33)34)37(2)36)25(18)22(39)13-38-15-31(6-7-31)12-24(38)40/h3-4,16-17,19,22,27H,5-15,35-36H2,1-2H3,(H,42,43)/b26-21-/t16?,17-,19-,22?,30-/m0/s1. The lowest BCUT2D eigenvalue weighted by atomic mass is 9.66. The second-order valence-electron chi connectivity index (χ2n) is 13.8. The summed E-state index contributed by atoms with van der Waals surface area (Å²) in [6.07, 6.45) is 1.79. The molecule has 2 aliphatic heterocycles. The topological polar surface area (TPSA) is 142 Å². The van der Waals surface area contributed by atoms with Gasteiger partial charge in [0.05, 0.1) is 23.1 Å². The van der Waals surface area contributed by atoms with Crippen LogP contribution in [0, 0.1) is 28.6 Å². The Kier molecular flexibility index (Phi) is 7.75. The third kappa shape index (κ3) is 5.37. The number of carbonyl (C=O) groups is 3. The van der Waals surface area contributed by atoms with Gasteiger partial charge >= 0.3 is 5.97 Å². The van der Waals surface area contributed by atoms with E-state index in [0.717, 1.165) is 29.8 Å². The first kappa shape index (κ1) is 30.9. The molecule has 1 saturated heterocycles. The molecule has 1 aromatic carbocycles.